The van der Waals surface area contributed by atoms with Gasteiger partial charge in [-0.1, -0.05) is 231 Å². The summed E-state index contributed by atoms with van der Waals surface area (Å²) in [6, 6.07) is 83.2. The van der Waals surface area contributed by atoms with Crippen LogP contribution in [0.1, 0.15) is 17.2 Å². The molecule has 1 N–H and O–H groups in total. The average Bonchev–Trinajstić information content (AvgIpc) is 3.24. The zero-order valence-electron chi connectivity index (χ0n) is 29.0. The molecular formula is C49H40OSi2. The third-order valence-electron chi connectivity index (χ3n) is 10.5. The van der Waals surface area contributed by atoms with Crippen molar-refractivity contribution in [2.75, 3.05) is 0 Å². The highest BCUT2D eigenvalue weighted by molar-refractivity contribution is 7.20. The highest BCUT2D eigenvalue weighted by atomic mass is 28.3. The minimum absolute atomic E-state index is 0.817. The molecule has 0 radical (unpaired) electrons. The quantitative estimate of drug-likeness (QED) is 0.147. The van der Waals surface area contributed by atoms with Gasteiger partial charge in [-0.2, -0.15) is 0 Å². The van der Waals surface area contributed by atoms with E-state index in [4.69, 9.17) is 0 Å². The molecule has 0 spiro atoms. The third-order valence-corrected chi connectivity index (χ3v) is 20.1. The molecule has 0 aromatic heterocycles. The van der Waals surface area contributed by atoms with Crippen molar-refractivity contribution in [2.24, 2.45) is 0 Å². The fourth-order valence-corrected chi connectivity index (χ4v) is 17.8. The van der Waals surface area contributed by atoms with Crippen LogP contribution >= 0.6 is 0 Å². The van der Waals surface area contributed by atoms with Crippen LogP contribution in [0.3, 0.4) is 0 Å². The third kappa shape index (κ3) is 5.89. The summed E-state index contributed by atoms with van der Waals surface area (Å²) in [4.78, 5) is 0. The van der Waals surface area contributed by atoms with Crippen LogP contribution in [0.5, 0.6) is 0 Å². The second-order valence-corrected chi connectivity index (χ2v) is 21.0. The fraction of sp³-hybridized carbons (Fsp3) is 0.0204. The van der Waals surface area contributed by atoms with Gasteiger partial charge in [0, 0.05) is 0 Å². The van der Waals surface area contributed by atoms with E-state index in [2.05, 4.69) is 231 Å². The predicted molar refractivity (Wildman–Crippen MR) is 224 cm³/mol. The van der Waals surface area contributed by atoms with E-state index < -0.39 is 22.3 Å². The molecule has 0 saturated heterocycles. The zero-order chi connectivity index (χ0) is 35.2. The van der Waals surface area contributed by atoms with E-state index in [-0.39, 0.29) is 0 Å². The fourth-order valence-electron chi connectivity index (χ4n) is 8.21. The number of hydrogen-bond donors (Lipinski definition) is 1. The second kappa shape index (κ2) is 14.8. The minimum Gasteiger partial charge on any atom is -0.384 e. The normalized spacial score (nSPS) is 11.7. The first-order valence-corrected chi connectivity index (χ1v) is 21.9. The van der Waals surface area contributed by atoms with Gasteiger partial charge in [0.2, 0.25) is 0 Å². The summed E-state index contributed by atoms with van der Waals surface area (Å²) in [5, 5.41) is 22.8. The van der Waals surface area contributed by atoms with Crippen molar-refractivity contribution in [1.82, 2.24) is 0 Å². The van der Waals surface area contributed by atoms with Crippen LogP contribution in [0.15, 0.2) is 231 Å². The summed E-state index contributed by atoms with van der Waals surface area (Å²) in [6.45, 7) is 0. The zero-order valence-corrected chi connectivity index (χ0v) is 31.0. The van der Waals surface area contributed by atoms with Gasteiger partial charge in [-0.25, -0.2) is 0 Å². The molecule has 0 aliphatic heterocycles. The Labute approximate surface area is 309 Å². The molecule has 250 valence electrons. The average molecular weight is 701 g/mol. The molecule has 0 fully saturated rings. The van der Waals surface area contributed by atoms with Crippen LogP contribution in [0.4, 0.5) is 0 Å². The maximum Gasteiger partial charge on any atom is 0.179 e. The van der Waals surface area contributed by atoms with Gasteiger partial charge >= 0.3 is 0 Å². The molecular weight excluding hydrogens is 661 g/mol. The van der Waals surface area contributed by atoms with Gasteiger partial charge in [-0.15, -0.1) is 0 Å². The first-order valence-electron chi connectivity index (χ1n) is 17.9. The summed E-state index contributed by atoms with van der Waals surface area (Å²) < 4.78 is 0. The van der Waals surface area contributed by atoms with E-state index in [1.807, 2.05) is 0 Å². The number of rotatable bonds is 10. The van der Waals surface area contributed by atoms with Crippen LogP contribution in [0.2, 0.25) is 0 Å². The van der Waals surface area contributed by atoms with Crippen molar-refractivity contribution in [3.05, 3.63) is 242 Å². The topological polar surface area (TPSA) is 20.2 Å². The first-order chi connectivity index (χ1) is 25.7. The van der Waals surface area contributed by atoms with E-state index in [1.165, 1.54) is 41.5 Å². The molecule has 0 atom stereocenters. The van der Waals surface area contributed by atoms with Crippen molar-refractivity contribution >= 4 is 57.6 Å². The van der Waals surface area contributed by atoms with Gasteiger partial charge in [-0.3, -0.25) is 0 Å². The second-order valence-electron chi connectivity index (χ2n) is 13.3. The Morgan fingerprint density at radius 1 is 0.250 bits per heavy atom. The molecule has 1 nitrogen and oxygen atoms in total. The smallest absolute Gasteiger partial charge is 0.179 e. The van der Waals surface area contributed by atoms with Crippen LogP contribution in [-0.4, -0.2) is 21.3 Å². The summed E-state index contributed by atoms with van der Waals surface area (Å²) in [6.07, 6.45) is -0.817. The number of benzene rings is 8. The van der Waals surface area contributed by atoms with Crippen LogP contribution in [0, 0.1) is 0 Å². The lowest BCUT2D eigenvalue weighted by molar-refractivity contribution is 0.220. The molecule has 8 rings (SSSR count). The van der Waals surface area contributed by atoms with Crippen LogP contribution in [-0.2, 0) is 0 Å². The van der Waals surface area contributed by atoms with Gasteiger partial charge in [-0.05, 0) is 52.6 Å². The van der Waals surface area contributed by atoms with E-state index in [1.54, 1.807) is 0 Å². The molecule has 0 amide bonds. The molecule has 0 heterocycles. The molecule has 0 bridgehead atoms. The Morgan fingerprint density at radius 3 is 0.692 bits per heavy atom. The first kappa shape index (κ1) is 33.3. The van der Waals surface area contributed by atoms with Crippen LogP contribution < -0.4 is 41.5 Å². The van der Waals surface area contributed by atoms with Gasteiger partial charge in [0.15, 0.2) is 16.1 Å². The van der Waals surface area contributed by atoms with Crippen molar-refractivity contribution in [1.29, 1.82) is 0 Å². The molecule has 0 saturated carbocycles. The molecule has 0 aliphatic rings. The SMILES string of the molecule is OC(c1cccc([Si](c2ccccc2)(c2ccccc2)c2ccccc2)c1)c1cccc([Si](c2ccccc2)(c2ccccc2)c2ccccc2)c1. The molecule has 0 unspecified atom stereocenters. The Kier molecular flexibility index (Phi) is 9.47. The Bertz CT molecular complexity index is 1980. The summed E-state index contributed by atoms with van der Waals surface area (Å²) in [5.74, 6) is 0. The molecule has 0 aliphatic carbocycles. The van der Waals surface area contributed by atoms with E-state index in [0.29, 0.717) is 0 Å². The van der Waals surface area contributed by atoms with Gasteiger partial charge < -0.3 is 5.11 Å². The summed E-state index contributed by atoms with van der Waals surface area (Å²) >= 11 is 0. The lowest BCUT2D eigenvalue weighted by atomic mass is 10.0. The molecule has 3 heteroatoms. The van der Waals surface area contributed by atoms with Crippen molar-refractivity contribution in [3.63, 3.8) is 0 Å². The van der Waals surface area contributed by atoms with Crippen LogP contribution in [0.25, 0.3) is 0 Å². The Morgan fingerprint density at radius 2 is 0.462 bits per heavy atom. The Balaban J connectivity index is 1.31. The highest BCUT2D eigenvalue weighted by Crippen LogP contribution is 2.23. The standard InChI is InChI=1S/C49H40OSi2/c50-49(39-21-19-35-47(37-39)51(41-23-7-1-8-24-41,42-25-9-2-10-26-42)43-27-11-3-12-28-43)40-22-20-36-48(38-40)52(44-29-13-4-14-30-44,45-31-15-5-16-32-45)46-33-17-6-18-34-46/h1-38,49-50H. The van der Waals surface area contributed by atoms with Crippen molar-refractivity contribution in [2.45, 2.75) is 6.10 Å². The lowest BCUT2D eigenvalue weighted by Crippen LogP contribution is -2.74. The lowest BCUT2D eigenvalue weighted by Gasteiger charge is -2.35. The summed E-state index contributed by atoms with van der Waals surface area (Å²) in [5.41, 5.74) is 1.78. The maximum atomic E-state index is 12.4. The van der Waals surface area contributed by atoms with Gasteiger partial charge in [0.25, 0.3) is 0 Å². The van der Waals surface area contributed by atoms with E-state index in [9.17, 15) is 5.11 Å². The van der Waals surface area contributed by atoms with E-state index in [0.717, 1.165) is 11.1 Å². The van der Waals surface area contributed by atoms with Gasteiger partial charge in [0.1, 0.15) is 6.10 Å². The molecule has 8 aromatic carbocycles. The largest absolute Gasteiger partial charge is 0.384 e. The minimum atomic E-state index is -2.76. The van der Waals surface area contributed by atoms with Crippen molar-refractivity contribution < 1.29 is 5.11 Å². The summed E-state index contributed by atoms with van der Waals surface area (Å²) in [7, 11) is -5.51. The van der Waals surface area contributed by atoms with Crippen molar-refractivity contribution in [3.8, 4) is 0 Å². The molecule has 8 aromatic rings. The van der Waals surface area contributed by atoms with Gasteiger partial charge in [0.05, 0.1) is 0 Å². The molecule has 52 heavy (non-hydrogen) atoms. The monoisotopic (exact) mass is 700 g/mol. The number of hydrogen-bond acceptors (Lipinski definition) is 1. The maximum absolute atomic E-state index is 12.4. The number of aliphatic hydroxyl groups excluding tert-OH is 1. The predicted octanol–water partition coefficient (Wildman–Crippen LogP) is 5.52. The Hall–Kier alpha value is -5.85. The van der Waals surface area contributed by atoms with E-state index >= 15 is 0 Å². The highest BCUT2D eigenvalue weighted by Gasteiger charge is 2.43. The number of aliphatic hydroxyl groups is 1.